The SMILES string of the molecule is Cc1ccc(C(CN2CCOCC2)NC(=O)c2cccc(C)n2)cc1. The molecule has 5 nitrogen and oxygen atoms in total. The number of amides is 1. The highest BCUT2D eigenvalue weighted by Crippen LogP contribution is 2.17. The Hall–Kier alpha value is -2.24. The molecule has 2 aromatic rings. The zero-order valence-corrected chi connectivity index (χ0v) is 14.9. The van der Waals surface area contributed by atoms with Crippen LogP contribution in [0.1, 0.15) is 33.4 Å². The second kappa shape index (κ2) is 8.23. The average Bonchev–Trinajstić information content (AvgIpc) is 2.62. The van der Waals surface area contributed by atoms with E-state index in [9.17, 15) is 4.79 Å². The van der Waals surface area contributed by atoms with Crippen LogP contribution >= 0.6 is 0 Å². The molecule has 0 radical (unpaired) electrons. The number of aromatic nitrogens is 1. The number of nitrogens with one attached hydrogen (secondary N) is 1. The highest BCUT2D eigenvalue weighted by atomic mass is 16.5. The molecular formula is C20H25N3O2. The number of morpholine rings is 1. The zero-order valence-electron chi connectivity index (χ0n) is 14.9. The topological polar surface area (TPSA) is 54.5 Å². The van der Waals surface area contributed by atoms with Crippen LogP contribution in [0.15, 0.2) is 42.5 Å². The van der Waals surface area contributed by atoms with Gasteiger partial charge in [0.05, 0.1) is 19.3 Å². The Balaban J connectivity index is 1.77. The second-order valence-electron chi connectivity index (χ2n) is 6.51. The first-order valence-corrected chi connectivity index (χ1v) is 8.73. The van der Waals surface area contributed by atoms with Crippen LogP contribution in [0, 0.1) is 13.8 Å². The van der Waals surface area contributed by atoms with Gasteiger partial charge in [0.2, 0.25) is 0 Å². The van der Waals surface area contributed by atoms with E-state index in [0.29, 0.717) is 5.69 Å². The average molecular weight is 339 g/mol. The third-order valence-corrected chi connectivity index (χ3v) is 4.45. The Morgan fingerprint density at radius 2 is 1.88 bits per heavy atom. The first kappa shape index (κ1) is 17.6. The predicted molar refractivity (Wildman–Crippen MR) is 97.6 cm³/mol. The molecule has 1 unspecified atom stereocenters. The number of carbonyl (C=O) groups excluding carboxylic acids is 1. The van der Waals surface area contributed by atoms with Gasteiger partial charge in [-0.05, 0) is 31.5 Å². The van der Waals surface area contributed by atoms with Crippen molar-refractivity contribution in [2.75, 3.05) is 32.8 Å². The standard InChI is InChI=1S/C20H25N3O2/c1-15-6-8-17(9-7-15)19(14-23-10-12-25-13-11-23)22-20(24)18-5-3-4-16(2)21-18/h3-9,19H,10-14H2,1-2H3,(H,22,24). The summed E-state index contributed by atoms with van der Waals surface area (Å²) in [5, 5.41) is 3.16. The molecule has 1 aromatic heterocycles. The lowest BCUT2D eigenvalue weighted by Gasteiger charge is -2.31. The van der Waals surface area contributed by atoms with Gasteiger partial charge in [-0.25, -0.2) is 4.98 Å². The van der Waals surface area contributed by atoms with Crippen LogP contribution < -0.4 is 5.32 Å². The molecule has 0 bridgehead atoms. The molecule has 1 N–H and O–H groups in total. The normalized spacial score (nSPS) is 16.4. The molecule has 1 aromatic carbocycles. The summed E-state index contributed by atoms with van der Waals surface area (Å²) in [4.78, 5) is 19.3. The number of hydrogen-bond donors (Lipinski definition) is 1. The molecule has 1 aliphatic heterocycles. The molecule has 5 heteroatoms. The Kier molecular flexibility index (Phi) is 5.79. The Bertz CT molecular complexity index is 709. The molecule has 1 fully saturated rings. The van der Waals surface area contributed by atoms with Crippen LogP contribution in [-0.2, 0) is 4.74 Å². The van der Waals surface area contributed by atoms with Gasteiger partial charge in [-0.1, -0.05) is 35.9 Å². The van der Waals surface area contributed by atoms with E-state index >= 15 is 0 Å². The number of nitrogens with zero attached hydrogens (tertiary/aromatic N) is 2. The number of carbonyl (C=O) groups is 1. The lowest BCUT2D eigenvalue weighted by Crippen LogP contribution is -2.43. The van der Waals surface area contributed by atoms with Crippen molar-refractivity contribution in [3.8, 4) is 0 Å². The van der Waals surface area contributed by atoms with Crippen LogP contribution in [0.3, 0.4) is 0 Å². The van der Waals surface area contributed by atoms with Crippen LogP contribution in [0.4, 0.5) is 0 Å². The smallest absolute Gasteiger partial charge is 0.270 e. The monoisotopic (exact) mass is 339 g/mol. The van der Waals surface area contributed by atoms with Crippen molar-refractivity contribution in [3.05, 3.63) is 65.0 Å². The molecule has 132 valence electrons. The van der Waals surface area contributed by atoms with Gasteiger partial charge in [0.15, 0.2) is 0 Å². The quantitative estimate of drug-likeness (QED) is 0.909. The van der Waals surface area contributed by atoms with Gasteiger partial charge >= 0.3 is 0 Å². The van der Waals surface area contributed by atoms with E-state index in [4.69, 9.17) is 4.74 Å². The van der Waals surface area contributed by atoms with Crippen molar-refractivity contribution in [1.29, 1.82) is 0 Å². The maximum Gasteiger partial charge on any atom is 0.270 e. The Morgan fingerprint density at radius 3 is 2.56 bits per heavy atom. The third-order valence-electron chi connectivity index (χ3n) is 4.45. The molecule has 25 heavy (non-hydrogen) atoms. The van der Waals surface area contributed by atoms with Gasteiger partial charge < -0.3 is 10.1 Å². The van der Waals surface area contributed by atoms with E-state index in [-0.39, 0.29) is 11.9 Å². The Labute approximate surface area is 149 Å². The lowest BCUT2D eigenvalue weighted by atomic mass is 10.0. The fraction of sp³-hybridized carbons (Fsp3) is 0.400. The fourth-order valence-electron chi connectivity index (χ4n) is 2.98. The first-order chi connectivity index (χ1) is 12.1. The van der Waals surface area contributed by atoms with Gasteiger partial charge in [-0.2, -0.15) is 0 Å². The van der Waals surface area contributed by atoms with E-state index in [0.717, 1.165) is 44.1 Å². The van der Waals surface area contributed by atoms with Gasteiger partial charge in [-0.15, -0.1) is 0 Å². The summed E-state index contributed by atoms with van der Waals surface area (Å²) < 4.78 is 5.43. The van der Waals surface area contributed by atoms with Crippen molar-refractivity contribution < 1.29 is 9.53 Å². The number of benzene rings is 1. The van der Waals surface area contributed by atoms with Crippen LogP contribution in [0.2, 0.25) is 0 Å². The van der Waals surface area contributed by atoms with Crippen molar-refractivity contribution in [1.82, 2.24) is 15.2 Å². The van der Waals surface area contributed by atoms with E-state index in [2.05, 4.69) is 46.4 Å². The van der Waals surface area contributed by atoms with E-state index in [1.54, 1.807) is 6.07 Å². The molecule has 1 aliphatic rings. The molecule has 0 saturated carbocycles. The largest absolute Gasteiger partial charge is 0.379 e. The highest BCUT2D eigenvalue weighted by molar-refractivity contribution is 5.92. The molecule has 0 spiro atoms. The maximum atomic E-state index is 12.7. The van der Waals surface area contributed by atoms with Crippen molar-refractivity contribution in [2.45, 2.75) is 19.9 Å². The summed E-state index contributed by atoms with van der Waals surface area (Å²) in [6.07, 6.45) is 0. The molecule has 2 heterocycles. The summed E-state index contributed by atoms with van der Waals surface area (Å²) in [6, 6.07) is 13.8. The van der Waals surface area contributed by atoms with Gasteiger partial charge in [0.1, 0.15) is 5.69 Å². The summed E-state index contributed by atoms with van der Waals surface area (Å²) in [6.45, 7) is 7.99. The minimum atomic E-state index is -0.137. The number of pyridine rings is 1. The van der Waals surface area contributed by atoms with Crippen LogP contribution in [0.25, 0.3) is 0 Å². The minimum absolute atomic E-state index is 0.0755. The summed E-state index contributed by atoms with van der Waals surface area (Å²) in [5.41, 5.74) is 3.62. The van der Waals surface area contributed by atoms with E-state index < -0.39 is 0 Å². The number of aryl methyl sites for hydroxylation is 2. The molecule has 1 saturated heterocycles. The summed E-state index contributed by atoms with van der Waals surface area (Å²) >= 11 is 0. The van der Waals surface area contributed by atoms with Crippen molar-refractivity contribution in [2.24, 2.45) is 0 Å². The van der Waals surface area contributed by atoms with Gasteiger partial charge in [0, 0.05) is 25.3 Å². The molecule has 0 aliphatic carbocycles. The summed E-state index contributed by atoms with van der Waals surface area (Å²) in [7, 11) is 0. The Morgan fingerprint density at radius 1 is 1.16 bits per heavy atom. The van der Waals surface area contributed by atoms with Gasteiger partial charge in [-0.3, -0.25) is 9.69 Å². The maximum absolute atomic E-state index is 12.7. The van der Waals surface area contributed by atoms with Crippen molar-refractivity contribution >= 4 is 5.91 Å². The molecule has 3 rings (SSSR count). The van der Waals surface area contributed by atoms with Crippen LogP contribution in [-0.4, -0.2) is 48.6 Å². The van der Waals surface area contributed by atoms with E-state index in [1.165, 1.54) is 5.56 Å². The zero-order chi connectivity index (χ0) is 17.6. The van der Waals surface area contributed by atoms with Crippen molar-refractivity contribution in [3.63, 3.8) is 0 Å². The molecular weight excluding hydrogens is 314 g/mol. The minimum Gasteiger partial charge on any atom is -0.379 e. The lowest BCUT2D eigenvalue weighted by molar-refractivity contribution is 0.0332. The number of rotatable bonds is 5. The van der Waals surface area contributed by atoms with Crippen LogP contribution in [0.5, 0.6) is 0 Å². The number of ether oxygens (including phenoxy) is 1. The van der Waals surface area contributed by atoms with Gasteiger partial charge in [0.25, 0.3) is 5.91 Å². The molecule has 1 amide bonds. The fourth-order valence-corrected chi connectivity index (χ4v) is 2.98. The first-order valence-electron chi connectivity index (χ1n) is 8.73. The highest BCUT2D eigenvalue weighted by Gasteiger charge is 2.21. The van der Waals surface area contributed by atoms with E-state index in [1.807, 2.05) is 19.1 Å². The number of hydrogen-bond acceptors (Lipinski definition) is 4. The third kappa shape index (κ3) is 4.87. The summed E-state index contributed by atoms with van der Waals surface area (Å²) in [5.74, 6) is -0.137. The molecule has 1 atom stereocenters. The predicted octanol–water partition coefficient (Wildman–Crippen LogP) is 2.50. The second-order valence-corrected chi connectivity index (χ2v) is 6.51.